The average Bonchev–Trinajstić information content (AvgIpc) is 3.09. The number of piperidine rings is 2. The molecule has 0 aliphatic carbocycles. The quantitative estimate of drug-likeness (QED) is 0.681. The molecule has 0 spiro atoms. The van der Waals surface area contributed by atoms with Gasteiger partial charge in [0.1, 0.15) is 0 Å². The molecule has 5 nitrogen and oxygen atoms in total. The zero-order valence-corrected chi connectivity index (χ0v) is 18.9. The first-order chi connectivity index (χ1) is 15.1. The van der Waals surface area contributed by atoms with Crippen molar-refractivity contribution in [3.8, 4) is 11.8 Å². The van der Waals surface area contributed by atoms with Gasteiger partial charge in [0.15, 0.2) is 0 Å². The van der Waals surface area contributed by atoms with E-state index in [1.807, 2.05) is 12.4 Å². The lowest BCUT2D eigenvalue weighted by molar-refractivity contribution is 0.0750. The molecule has 0 unspecified atom stereocenters. The zero-order chi connectivity index (χ0) is 21.1. The van der Waals surface area contributed by atoms with Gasteiger partial charge >= 0.3 is 0 Å². The molecule has 4 atom stereocenters. The van der Waals surface area contributed by atoms with Crippen LogP contribution in [0.3, 0.4) is 0 Å². The summed E-state index contributed by atoms with van der Waals surface area (Å²) in [5.41, 5.74) is 2.60. The van der Waals surface area contributed by atoms with Gasteiger partial charge in [-0.3, -0.25) is 9.80 Å². The lowest BCUT2D eigenvalue weighted by Crippen LogP contribution is -2.46. The second-order valence-corrected chi connectivity index (χ2v) is 10.3. The van der Waals surface area contributed by atoms with Crippen LogP contribution >= 0.6 is 0 Å². The van der Waals surface area contributed by atoms with Crippen LogP contribution in [0.5, 0.6) is 11.8 Å². The molecular weight excluding hydrogens is 384 g/mol. The van der Waals surface area contributed by atoms with E-state index in [0.29, 0.717) is 12.1 Å². The molecule has 4 bridgehead atoms. The topological polar surface area (TPSA) is 41.5 Å². The molecule has 0 radical (unpaired) electrons. The minimum absolute atomic E-state index is 0.0554. The minimum Gasteiger partial charge on any atom is -0.420 e. The highest BCUT2D eigenvalue weighted by Crippen LogP contribution is 2.54. The Labute approximate surface area is 185 Å². The Morgan fingerprint density at radius 3 is 1.71 bits per heavy atom. The summed E-state index contributed by atoms with van der Waals surface area (Å²) in [6, 6.07) is 10.0. The molecular formula is C26H34N4O. The number of fused-ring (bicyclic) bond motifs is 4. The van der Waals surface area contributed by atoms with Crippen molar-refractivity contribution < 1.29 is 4.74 Å². The number of nitrogens with zero attached hydrogens (tertiary/aromatic N) is 4. The highest BCUT2D eigenvalue weighted by atomic mass is 16.5. The first-order valence-electron chi connectivity index (χ1n) is 12.2. The molecule has 0 aromatic carbocycles. The fraction of sp³-hybridized carbons (Fsp3) is 0.615. The van der Waals surface area contributed by atoms with Crippen LogP contribution in [0, 0.1) is 0 Å². The van der Waals surface area contributed by atoms with Gasteiger partial charge in [-0.05, 0) is 90.4 Å². The fourth-order valence-electron chi connectivity index (χ4n) is 7.45. The van der Waals surface area contributed by atoms with Gasteiger partial charge in [-0.1, -0.05) is 12.1 Å². The van der Waals surface area contributed by atoms with Gasteiger partial charge in [-0.15, -0.1) is 0 Å². The molecule has 0 saturated carbocycles. The molecule has 4 aliphatic heterocycles. The van der Waals surface area contributed by atoms with Crippen LogP contribution in [0.15, 0.2) is 36.7 Å². The highest BCUT2D eigenvalue weighted by Gasteiger charge is 2.51. The van der Waals surface area contributed by atoms with E-state index in [-0.39, 0.29) is 11.1 Å². The molecule has 0 N–H and O–H groups in total. The molecule has 4 aliphatic rings. The van der Waals surface area contributed by atoms with Crippen LogP contribution in [0.25, 0.3) is 0 Å². The van der Waals surface area contributed by atoms with Crippen LogP contribution in [-0.4, -0.2) is 45.9 Å². The summed E-state index contributed by atoms with van der Waals surface area (Å²) in [6.45, 7) is 0. The summed E-state index contributed by atoms with van der Waals surface area (Å²) in [6.07, 6.45) is 16.2. The van der Waals surface area contributed by atoms with Crippen molar-refractivity contribution in [1.82, 2.24) is 19.8 Å². The minimum atomic E-state index is 0.0554. The normalized spacial score (nSPS) is 35.4. The molecule has 6 heterocycles. The lowest BCUT2D eigenvalue weighted by atomic mass is 9.82. The number of aromatic nitrogens is 2. The largest absolute Gasteiger partial charge is 0.420 e. The molecule has 2 aromatic rings. The van der Waals surface area contributed by atoms with Crippen LogP contribution in [0.1, 0.15) is 75.3 Å². The summed E-state index contributed by atoms with van der Waals surface area (Å²) >= 11 is 0. The van der Waals surface area contributed by atoms with Gasteiger partial charge < -0.3 is 4.74 Å². The molecule has 6 rings (SSSR count). The van der Waals surface area contributed by atoms with Crippen molar-refractivity contribution in [3.63, 3.8) is 0 Å². The van der Waals surface area contributed by atoms with E-state index < -0.39 is 0 Å². The smallest absolute Gasteiger partial charge is 0.226 e. The van der Waals surface area contributed by atoms with E-state index in [4.69, 9.17) is 14.7 Å². The number of ether oxygens (including phenoxy) is 1. The molecule has 31 heavy (non-hydrogen) atoms. The van der Waals surface area contributed by atoms with Gasteiger partial charge in [0.05, 0.1) is 11.1 Å². The van der Waals surface area contributed by atoms with Crippen LogP contribution in [0.4, 0.5) is 0 Å². The van der Waals surface area contributed by atoms with Crippen molar-refractivity contribution in [2.75, 3.05) is 14.1 Å². The fourth-order valence-corrected chi connectivity index (χ4v) is 7.45. The zero-order valence-electron chi connectivity index (χ0n) is 18.9. The third-order valence-electron chi connectivity index (χ3n) is 9.22. The lowest BCUT2D eigenvalue weighted by Gasteiger charge is -2.44. The predicted molar refractivity (Wildman–Crippen MR) is 121 cm³/mol. The van der Waals surface area contributed by atoms with Gasteiger partial charge in [0.2, 0.25) is 11.8 Å². The van der Waals surface area contributed by atoms with Crippen molar-refractivity contribution >= 4 is 0 Å². The average molecular weight is 419 g/mol. The van der Waals surface area contributed by atoms with Crippen molar-refractivity contribution in [1.29, 1.82) is 0 Å². The SMILES string of the molecule is CN1[C@@H]2CCC[C@@]1(c1cccnc1Oc1ncccc1[C@]13CCC[C@H](CC1)N3C)CC2. The summed E-state index contributed by atoms with van der Waals surface area (Å²) in [5, 5.41) is 0. The van der Waals surface area contributed by atoms with Crippen molar-refractivity contribution in [2.45, 2.75) is 87.4 Å². The molecule has 164 valence electrons. The molecule has 5 heteroatoms. The Morgan fingerprint density at radius 1 is 0.742 bits per heavy atom. The maximum absolute atomic E-state index is 6.66. The Hall–Kier alpha value is -1.98. The van der Waals surface area contributed by atoms with Crippen molar-refractivity contribution in [2.24, 2.45) is 0 Å². The number of hydrogen-bond donors (Lipinski definition) is 0. The van der Waals surface area contributed by atoms with E-state index in [9.17, 15) is 0 Å². The van der Waals surface area contributed by atoms with E-state index in [1.54, 1.807) is 0 Å². The molecule has 2 aromatic heterocycles. The van der Waals surface area contributed by atoms with Crippen LogP contribution < -0.4 is 4.74 Å². The van der Waals surface area contributed by atoms with Gasteiger partial charge in [-0.2, -0.15) is 0 Å². The van der Waals surface area contributed by atoms with E-state index in [2.05, 4.69) is 48.2 Å². The number of pyridine rings is 2. The number of hydrogen-bond acceptors (Lipinski definition) is 5. The van der Waals surface area contributed by atoms with E-state index in [0.717, 1.165) is 11.8 Å². The van der Waals surface area contributed by atoms with Gasteiger partial charge in [0.25, 0.3) is 0 Å². The monoisotopic (exact) mass is 418 g/mol. The van der Waals surface area contributed by atoms with E-state index in [1.165, 1.54) is 75.3 Å². The summed E-state index contributed by atoms with van der Waals surface area (Å²) in [4.78, 5) is 14.7. The Morgan fingerprint density at radius 2 is 1.23 bits per heavy atom. The third-order valence-corrected chi connectivity index (χ3v) is 9.22. The standard InChI is InChI=1S/C26H34N4O/c1-29-19-7-3-13-25(29,15-11-19)21-9-5-17-27-23(21)31-24-22(10-6-18-28-24)26-14-4-8-20(12-16-26)30(26)2/h5-6,9-10,17-20H,3-4,7-8,11-16H2,1-2H3/t19-,20-,25+,26+/m1/s1. The Balaban J connectivity index is 1.40. The van der Waals surface area contributed by atoms with E-state index >= 15 is 0 Å². The summed E-state index contributed by atoms with van der Waals surface area (Å²) < 4.78 is 6.66. The third kappa shape index (κ3) is 2.82. The Kier molecular flexibility index (Phi) is 4.62. The molecule has 0 amide bonds. The number of rotatable bonds is 4. The molecule has 4 saturated heterocycles. The summed E-state index contributed by atoms with van der Waals surface area (Å²) in [5.74, 6) is 1.50. The van der Waals surface area contributed by atoms with Crippen molar-refractivity contribution in [3.05, 3.63) is 47.8 Å². The van der Waals surface area contributed by atoms with Gasteiger partial charge in [-0.25, -0.2) is 9.97 Å². The van der Waals surface area contributed by atoms with Gasteiger partial charge in [0, 0.05) is 35.6 Å². The first-order valence-corrected chi connectivity index (χ1v) is 12.2. The maximum atomic E-state index is 6.66. The first kappa shape index (κ1) is 19.7. The second kappa shape index (κ2) is 7.28. The summed E-state index contributed by atoms with van der Waals surface area (Å²) in [7, 11) is 4.60. The second-order valence-electron chi connectivity index (χ2n) is 10.3. The van der Waals surface area contributed by atoms with Crippen LogP contribution in [0.2, 0.25) is 0 Å². The molecule has 4 fully saturated rings. The van der Waals surface area contributed by atoms with Crippen LogP contribution in [-0.2, 0) is 11.1 Å². The maximum Gasteiger partial charge on any atom is 0.226 e. The highest BCUT2D eigenvalue weighted by molar-refractivity contribution is 5.42. The Bertz CT molecular complexity index is 894. The predicted octanol–water partition coefficient (Wildman–Crippen LogP) is 5.22.